The number of halogens is 1. The Morgan fingerprint density at radius 1 is 1.29 bits per heavy atom. The van der Waals surface area contributed by atoms with E-state index in [0.717, 1.165) is 17.3 Å². The Morgan fingerprint density at radius 3 is 2.90 bits per heavy atom. The molecule has 0 saturated heterocycles. The van der Waals surface area contributed by atoms with Crippen LogP contribution >= 0.6 is 0 Å². The fourth-order valence-corrected chi connectivity index (χ4v) is 2.23. The van der Waals surface area contributed by atoms with Crippen LogP contribution in [0.5, 0.6) is 5.75 Å². The molecule has 3 aromatic rings. The predicted octanol–water partition coefficient (Wildman–Crippen LogP) is 3.54. The largest absolute Gasteiger partial charge is 0.490 e. The molecule has 0 aliphatic rings. The lowest BCUT2D eigenvalue weighted by atomic mass is 10.2. The molecular weight excluding hydrogens is 269 g/mol. The highest BCUT2D eigenvalue weighted by Crippen LogP contribution is 2.29. The van der Waals surface area contributed by atoms with Crippen LogP contribution in [0.15, 0.2) is 42.6 Å². The lowest BCUT2D eigenvalue weighted by molar-refractivity contribution is 0.301. The number of hydrogen-bond donors (Lipinski definition) is 1. The first-order valence-corrected chi connectivity index (χ1v) is 6.85. The summed E-state index contributed by atoms with van der Waals surface area (Å²) in [7, 11) is 0. The Hall–Kier alpha value is -2.56. The van der Waals surface area contributed by atoms with Gasteiger partial charge in [-0.1, -0.05) is 25.1 Å². The number of fused-ring (bicyclic) bond motifs is 1. The number of nitrogen functional groups attached to an aromatic ring is 1. The maximum absolute atomic E-state index is 13.9. The topological polar surface area (TPSA) is 53.1 Å². The zero-order chi connectivity index (χ0) is 14.8. The number of nitrogens with two attached hydrogens (primary N) is 1. The minimum Gasteiger partial charge on any atom is -0.490 e. The number of rotatable bonds is 4. The summed E-state index contributed by atoms with van der Waals surface area (Å²) in [6, 6.07) is 10.6. The monoisotopic (exact) mass is 285 g/mol. The fraction of sp³-hybridized carbons (Fsp3) is 0.188. The highest BCUT2D eigenvalue weighted by Gasteiger charge is 2.13. The van der Waals surface area contributed by atoms with Crippen molar-refractivity contribution in [3.8, 4) is 11.4 Å². The van der Waals surface area contributed by atoms with Crippen LogP contribution in [0.2, 0.25) is 0 Å². The number of benzene rings is 2. The molecule has 0 bridgehead atoms. The van der Waals surface area contributed by atoms with Crippen LogP contribution in [0.4, 0.5) is 10.1 Å². The minimum absolute atomic E-state index is 0.195. The zero-order valence-electron chi connectivity index (χ0n) is 11.7. The fourth-order valence-electron chi connectivity index (χ4n) is 2.23. The Balaban J connectivity index is 2.13. The second-order valence-corrected chi connectivity index (χ2v) is 4.81. The molecule has 1 aromatic heterocycles. The molecule has 0 aliphatic heterocycles. The molecule has 2 N–H and O–H groups in total. The van der Waals surface area contributed by atoms with Gasteiger partial charge in [0.1, 0.15) is 0 Å². The lowest BCUT2D eigenvalue weighted by Gasteiger charge is -2.12. The summed E-state index contributed by atoms with van der Waals surface area (Å²) >= 11 is 0. The Labute approximate surface area is 121 Å². The van der Waals surface area contributed by atoms with Crippen molar-refractivity contribution in [2.45, 2.75) is 13.3 Å². The summed E-state index contributed by atoms with van der Waals surface area (Å²) in [5.41, 5.74) is 7.80. The van der Waals surface area contributed by atoms with Crippen LogP contribution in [0.25, 0.3) is 16.6 Å². The number of para-hydroxylation sites is 1. The van der Waals surface area contributed by atoms with E-state index >= 15 is 0 Å². The van der Waals surface area contributed by atoms with Crippen molar-refractivity contribution in [2.24, 2.45) is 0 Å². The van der Waals surface area contributed by atoms with Gasteiger partial charge in [-0.05, 0) is 12.5 Å². The molecule has 21 heavy (non-hydrogen) atoms. The van der Waals surface area contributed by atoms with Crippen LogP contribution in [-0.2, 0) is 0 Å². The van der Waals surface area contributed by atoms with Gasteiger partial charge in [0, 0.05) is 17.5 Å². The maximum atomic E-state index is 13.9. The van der Waals surface area contributed by atoms with Gasteiger partial charge in [-0.3, -0.25) is 0 Å². The van der Waals surface area contributed by atoms with Crippen molar-refractivity contribution in [3.63, 3.8) is 0 Å². The first-order chi connectivity index (χ1) is 10.2. The van der Waals surface area contributed by atoms with E-state index in [1.165, 1.54) is 6.07 Å². The average Bonchev–Trinajstić information content (AvgIpc) is 2.90. The zero-order valence-corrected chi connectivity index (χ0v) is 11.7. The summed E-state index contributed by atoms with van der Waals surface area (Å²) in [6.45, 7) is 2.43. The molecule has 0 unspecified atom stereocenters. The minimum atomic E-state index is -0.457. The number of ether oxygens (including phenoxy) is 1. The third-order valence-corrected chi connectivity index (χ3v) is 3.25. The highest BCUT2D eigenvalue weighted by atomic mass is 19.1. The maximum Gasteiger partial charge on any atom is 0.167 e. The highest BCUT2D eigenvalue weighted by molar-refractivity contribution is 5.81. The smallest absolute Gasteiger partial charge is 0.167 e. The third-order valence-electron chi connectivity index (χ3n) is 3.25. The van der Waals surface area contributed by atoms with Crippen molar-refractivity contribution in [1.29, 1.82) is 0 Å². The van der Waals surface area contributed by atoms with E-state index in [1.807, 2.05) is 31.2 Å². The van der Waals surface area contributed by atoms with Crippen LogP contribution in [0.3, 0.4) is 0 Å². The molecule has 0 atom stereocenters. The Morgan fingerprint density at radius 2 is 2.10 bits per heavy atom. The molecule has 4 nitrogen and oxygen atoms in total. The van der Waals surface area contributed by atoms with Gasteiger partial charge in [0.05, 0.1) is 29.7 Å². The second kappa shape index (κ2) is 5.44. The van der Waals surface area contributed by atoms with Crippen LogP contribution in [-0.4, -0.2) is 16.4 Å². The summed E-state index contributed by atoms with van der Waals surface area (Å²) in [6.07, 6.45) is 2.56. The molecule has 0 radical (unpaired) electrons. The van der Waals surface area contributed by atoms with E-state index in [9.17, 15) is 4.39 Å². The van der Waals surface area contributed by atoms with Crippen molar-refractivity contribution < 1.29 is 9.13 Å². The van der Waals surface area contributed by atoms with Crippen LogP contribution < -0.4 is 10.5 Å². The lowest BCUT2D eigenvalue weighted by Crippen LogP contribution is -2.05. The van der Waals surface area contributed by atoms with Gasteiger partial charge in [0.15, 0.2) is 11.6 Å². The average molecular weight is 285 g/mol. The molecule has 1 heterocycles. The summed E-state index contributed by atoms with van der Waals surface area (Å²) in [5.74, 6) is -0.262. The van der Waals surface area contributed by atoms with E-state index in [0.29, 0.717) is 18.0 Å². The quantitative estimate of drug-likeness (QED) is 0.746. The molecule has 0 spiro atoms. The Kier molecular flexibility index (Phi) is 3.48. The van der Waals surface area contributed by atoms with Gasteiger partial charge in [-0.25, -0.2) is 9.07 Å². The normalized spacial score (nSPS) is 11.0. The van der Waals surface area contributed by atoms with E-state index in [2.05, 4.69) is 5.10 Å². The molecule has 3 rings (SSSR count). The molecule has 0 aliphatic carbocycles. The van der Waals surface area contributed by atoms with Gasteiger partial charge < -0.3 is 10.5 Å². The van der Waals surface area contributed by atoms with Gasteiger partial charge in [-0.15, -0.1) is 0 Å². The molecule has 0 saturated carbocycles. The molecular formula is C16H16FN3O. The molecule has 108 valence electrons. The van der Waals surface area contributed by atoms with E-state index in [4.69, 9.17) is 10.5 Å². The third kappa shape index (κ3) is 2.42. The standard InChI is InChI=1S/C16H16FN3O/c1-2-7-21-16-9-15(13(18)8-12(16)17)20-14-6-4-3-5-11(14)10-19-20/h3-6,8-10H,2,7,18H2,1H3. The van der Waals surface area contributed by atoms with Crippen molar-refractivity contribution in [2.75, 3.05) is 12.3 Å². The van der Waals surface area contributed by atoms with Gasteiger partial charge in [-0.2, -0.15) is 5.10 Å². The van der Waals surface area contributed by atoms with Crippen LogP contribution in [0, 0.1) is 5.82 Å². The van der Waals surface area contributed by atoms with E-state index in [1.54, 1.807) is 16.9 Å². The van der Waals surface area contributed by atoms with Crippen molar-refractivity contribution in [1.82, 2.24) is 9.78 Å². The number of aromatic nitrogens is 2. The SMILES string of the molecule is CCCOc1cc(-n2ncc3ccccc32)c(N)cc1F. The summed E-state index contributed by atoms with van der Waals surface area (Å²) in [4.78, 5) is 0. The van der Waals surface area contributed by atoms with Gasteiger partial charge in [0.2, 0.25) is 0 Å². The summed E-state index contributed by atoms with van der Waals surface area (Å²) < 4.78 is 21.0. The molecule has 2 aromatic carbocycles. The number of nitrogens with zero attached hydrogens (tertiary/aromatic N) is 2. The van der Waals surface area contributed by atoms with Crippen LogP contribution in [0.1, 0.15) is 13.3 Å². The van der Waals surface area contributed by atoms with E-state index in [-0.39, 0.29) is 5.75 Å². The molecule has 5 heteroatoms. The first kappa shape index (κ1) is 13.4. The Bertz CT molecular complexity index is 782. The first-order valence-electron chi connectivity index (χ1n) is 6.85. The van der Waals surface area contributed by atoms with Crippen molar-refractivity contribution in [3.05, 3.63) is 48.4 Å². The van der Waals surface area contributed by atoms with Gasteiger partial charge in [0.25, 0.3) is 0 Å². The molecule has 0 fully saturated rings. The van der Waals surface area contributed by atoms with Crippen molar-refractivity contribution >= 4 is 16.6 Å². The van der Waals surface area contributed by atoms with E-state index < -0.39 is 5.82 Å². The number of anilines is 1. The number of hydrogen-bond acceptors (Lipinski definition) is 3. The summed E-state index contributed by atoms with van der Waals surface area (Å²) in [5, 5.41) is 5.33. The predicted molar refractivity (Wildman–Crippen MR) is 81.2 cm³/mol. The second-order valence-electron chi connectivity index (χ2n) is 4.81. The van der Waals surface area contributed by atoms with Gasteiger partial charge >= 0.3 is 0 Å². The molecule has 0 amide bonds.